The summed E-state index contributed by atoms with van der Waals surface area (Å²) in [5.41, 5.74) is -0.144. The molecule has 2 rings (SSSR count). The lowest BCUT2D eigenvalue weighted by Gasteiger charge is -2.19. The van der Waals surface area contributed by atoms with E-state index in [1.165, 1.54) is 16.4 Å². The van der Waals surface area contributed by atoms with Gasteiger partial charge in [-0.2, -0.15) is 4.31 Å². The van der Waals surface area contributed by atoms with E-state index < -0.39 is 21.4 Å². The first-order valence-electron chi connectivity index (χ1n) is 6.83. The van der Waals surface area contributed by atoms with Crippen molar-refractivity contribution in [2.45, 2.75) is 30.1 Å². The number of sulfonamides is 1. The van der Waals surface area contributed by atoms with Gasteiger partial charge in [-0.1, -0.05) is 25.1 Å². The van der Waals surface area contributed by atoms with Gasteiger partial charge in [0.15, 0.2) is 0 Å². The smallest absolute Gasteiger partial charge is 0.314 e. The van der Waals surface area contributed by atoms with Crippen LogP contribution >= 0.6 is 0 Å². The topological polar surface area (TPSA) is 74.7 Å². The van der Waals surface area contributed by atoms with E-state index in [9.17, 15) is 18.3 Å². The van der Waals surface area contributed by atoms with Crippen molar-refractivity contribution in [2.24, 2.45) is 0 Å². The number of likely N-dealkylation sites (N-methyl/N-ethyl adjacent to an activating group) is 1. The maximum absolute atomic E-state index is 12.4. The molecule has 0 aromatic heterocycles. The van der Waals surface area contributed by atoms with Crippen molar-refractivity contribution in [2.75, 3.05) is 13.1 Å². The third-order valence-corrected chi connectivity index (χ3v) is 5.84. The molecule has 0 aliphatic heterocycles. The first kappa shape index (κ1) is 15.7. The van der Waals surface area contributed by atoms with Crippen LogP contribution in [0.15, 0.2) is 41.8 Å². The molecule has 0 radical (unpaired) electrons. The molecule has 1 aromatic rings. The Hall–Kier alpha value is -1.66. The molecule has 0 unspecified atom stereocenters. The minimum absolute atomic E-state index is 0.177. The predicted molar refractivity (Wildman–Crippen MR) is 79.6 cm³/mol. The lowest BCUT2D eigenvalue weighted by molar-refractivity contribution is -0.140. The number of benzene rings is 1. The third kappa shape index (κ3) is 2.73. The lowest BCUT2D eigenvalue weighted by Crippen LogP contribution is -2.31. The number of hydrogen-bond acceptors (Lipinski definition) is 3. The molecule has 0 heterocycles. The molecular weight excluding hydrogens is 290 g/mol. The first-order valence-corrected chi connectivity index (χ1v) is 8.27. The second-order valence-corrected chi connectivity index (χ2v) is 7.09. The number of aliphatic carboxylic acids is 1. The average molecular weight is 309 g/mol. The van der Waals surface area contributed by atoms with E-state index in [0.29, 0.717) is 24.9 Å². The standard InChI is InChI=1S/C15H19NO4S/c1-3-11-16(4-2)21(19,20)13-7-5-12(6-8-13)15(9-10-15)14(17)18/h3,5-8H,1,4,9-11H2,2H3,(H,17,18). The van der Waals surface area contributed by atoms with Crippen LogP contribution in [0.2, 0.25) is 0 Å². The predicted octanol–water partition coefficient (Wildman–Crippen LogP) is 2.00. The summed E-state index contributed by atoms with van der Waals surface area (Å²) in [7, 11) is -3.56. The highest BCUT2D eigenvalue weighted by atomic mass is 32.2. The minimum atomic E-state index is -3.56. The third-order valence-electron chi connectivity index (χ3n) is 3.89. The SMILES string of the molecule is C=CCN(CC)S(=O)(=O)c1ccc(C2(C(=O)O)CC2)cc1. The monoisotopic (exact) mass is 309 g/mol. The quantitative estimate of drug-likeness (QED) is 0.782. The van der Waals surface area contributed by atoms with Gasteiger partial charge in [-0.15, -0.1) is 6.58 Å². The molecule has 0 atom stereocenters. The number of hydrogen-bond donors (Lipinski definition) is 1. The van der Waals surface area contributed by atoms with E-state index in [0.717, 1.165) is 0 Å². The van der Waals surface area contributed by atoms with Crippen molar-refractivity contribution < 1.29 is 18.3 Å². The number of carbonyl (C=O) groups is 1. The molecule has 114 valence electrons. The molecule has 6 heteroatoms. The van der Waals surface area contributed by atoms with E-state index in [2.05, 4.69) is 6.58 Å². The zero-order valence-electron chi connectivity index (χ0n) is 11.9. The minimum Gasteiger partial charge on any atom is -0.481 e. The molecule has 1 aliphatic carbocycles. The number of carboxylic acid groups (broad SMARTS) is 1. The second kappa shape index (κ2) is 5.61. The zero-order chi connectivity index (χ0) is 15.7. The number of carboxylic acids is 1. The fourth-order valence-electron chi connectivity index (χ4n) is 2.39. The van der Waals surface area contributed by atoms with Gasteiger partial charge in [-0.05, 0) is 30.5 Å². The van der Waals surface area contributed by atoms with Gasteiger partial charge < -0.3 is 5.11 Å². The highest BCUT2D eigenvalue weighted by Gasteiger charge is 2.51. The highest BCUT2D eigenvalue weighted by molar-refractivity contribution is 7.89. The summed E-state index contributed by atoms with van der Waals surface area (Å²) in [5, 5.41) is 9.25. The molecule has 1 aliphatic rings. The second-order valence-electron chi connectivity index (χ2n) is 5.16. The van der Waals surface area contributed by atoms with Crippen molar-refractivity contribution in [3.63, 3.8) is 0 Å². The van der Waals surface area contributed by atoms with Crippen molar-refractivity contribution in [1.82, 2.24) is 4.31 Å². The Labute approximate surface area is 124 Å². The lowest BCUT2D eigenvalue weighted by atomic mass is 9.96. The maximum Gasteiger partial charge on any atom is 0.314 e. The van der Waals surface area contributed by atoms with Crippen LogP contribution in [0.1, 0.15) is 25.3 Å². The van der Waals surface area contributed by atoms with Gasteiger partial charge in [-0.25, -0.2) is 8.42 Å². The van der Waals surface area contributed by atoms with Crippen LogP contribution in [0, 0.1) is 0 Å². The van der Waals surface area contributed by atoms with Crippen LogP contribution in [-0.4, -0.2) is 36.9 Å². The molecule has 1 N–H and O–H groups in total. The van der Waals surface area contributed by atoms with Crippen LogP contribution in [-0.2, 0) is 20.2 Å². The Morgan fingerprint density at radius 1 is 1.38 bits per heavy atom. The summed E-state index contributed by atoms with van der Waals surface area (Å²) in [6.07, 6.45) is 2.75. The molecule has 5 nitrogen and oxygen atoms in total. The Morgan fingerprint density at radius 3 is 2.33 bits per heavy atom. The number of rotatable bonds is 7. The first-order chi connectivity index (χ1) is 9.88. The molecule has 1 saturated carbocycles. The summed E-state index contributed by atoms with van der Waals surface area (Å²) < 4.78 is 26.2. The van der Waals surface area contributed by atoms with Crippen LogP contribution in [0.3, 0.4) is 0 Å². The molecule has 0 saturated heterocycles. The van der Waals surface area contributed by atoms with Crippen molar-refractivity contribution in [3.05, 3.63) is 42.5 Å². The fraction of sp³-hybridized carbons (Fsp3) is 0.400. The van der Waals surface area contributed by atoms with E-state index in [-0.39, 0.29) is 11.4 Å². The highest BCUT2D eigenvalue weighted by Crippen LogP contribution is 2.48. The molecule has 1 fully saturated rings. The van der Waals surface area contributed by atoms with E-state index >= 15 is 0 Å². The van der Waals surface area contributed by atoms with Crippen molar-refractivity contribution in [1.29, 1.82) is 0 Å². The van der Waals surface area contributed by atoms with Crippen LogP contribution in [0.4, 0.5) is 0 Å². The average Bonchev–Trinajstić information content (AvgIpc) is 3.26. The molecule has 0 amide bonds. The summed E-state index contributed by atoms with van der Waals surface area (Å²) in [4.78, 5) is 11.4. The fourth-order valence-corrected chi connectivity index (χ4v) is 3.81. The Balaban J connectivity index is 2.31. The molecule has 21 heavy (non-hydrogen) atoms. The molecule has 1 aromatic carbocycles. The molecule has 0 bridgehead atoms. The van der Waals surface area contributed by atoms with Gasteiger partial charge in [0.2, 0.25) is 10.0 Å². The Bertz CT molecular complexity index is 645. The summed E-state index contributed by atoms with van der Waals surface area (Å²) in [6.45, 7) is 5.93. The summed E-state index contributed by atoms with van der Waals surface area (Å²) in [5.74, 6) is -0.847. The Kier molecular flexibility index (Phi) is 4.20. The van der Waals surface area contributed by atoms with Gasteiger partial charge >= 0.3 is 5.97 Å². The van der Waals surface area contributed by atoms with E-state index in [1.807, 2.05) is 0 Å². The van der Waals surface area contributed by atoms with Gasteiger partial charge in [0.05, 0.1) is 10.3 Å². The van der Waals surface area contributed by atoms with Crippen LogP contribution < -0.4 is 0 Å². The van der Waals surface area contributed by atoms with Gasteiger partial charge in [-0.3, -0.25) is 4.79 Å². The van der Waals surface area contributed by atoms with Gasteiger partial charge in [0.25, 0.3) is 0 Å². The van der Waals surface area contributed by atoms with Gasteiger partial charge in [0, 0.05) is 13.1 Å². The van der Waals surface area contributed by atoms with E-state index in [1.54, 1.807) is 25.1 Å². The largest absolute Gasteiger partial charge is 0.481 e. The summed E-state index contributed by atoms with van der Waals surface area (Å²) >= 11 is 0. The molecule has 0 spiro atoms. The zero-order valence-corrected chi connectivity index (χ0v) is 12.8. The van der Waals surface area contributed by atoms with Crippen LogP contribution in [0.25, 0.3) is 0 Å². The van der Waals surface area contributed by atoms with Crippen molar-refractivity contribution >= 4 is 16.0 Å². The van der Waals surface area contributed by atoms with Gasteiger partial charge in [0.1, 0.15) is 0 Å². The van der Waals surface area contributed by atoms with E-state index in [4.69, 9.17) is 0 Å². The number of nitrogens with zero attached hydrogens (tertiary/aromatic N) is 1. The maximum atomic E-state index is 12.4. The molecular formula is C15H19NO4S. The Morgan fingerprint density at radius 2 is 1.95 bits per heavy atom. The normalized spacial score (nSPS) is 16.7. The summed E-state index contributed by atoms with van der Waals surface area (Å²) in [6, 6.07) is 6.18. The van der Waals surface area contributed by atoms with Crippen LogP contribution in [0.5, 0.6) is 0 Å². The van der Waals surface area contributed by atoms with Crippen molar-refractivity contribution in [3.8, 4) is 0 Å².